The van der Waals surface area contributed by atoms with Crippen LogP contribution in [0.4, 0.5) is 0 Å². The third-order valence-electron chi connectivity index (χ3n) is 4.20. The Morgan fingerprint density at radius 3 is 2.40 bits per heavy atom. The van der Waals surface area contributed by atoms with Crippen molar-refractivity contribution in [1.29, 1.82) is 0 Å². The highest BCUT2D eigenvalue weighted by atomic mass is 35.5. The van der Waals surface area contributed by atoms with Gasteiger partial charge in [0.1, 0.15) is 0 Å². The highest BCUT2D eigenvalue weighted by Crippen LogP contribution is 2.28. The zero-order valence-corrected chi connectivity index (χ0v) is 15.8. The van der Waals surface area contributed by atoms with Crippen molar-refractivity contribution in [2.75, 3.05) is 27.3 Å². The van der Waals surface area contributed by atoms with Gasteiger partial charge < -0.3 is 19.7 Å². The molecular weight excluding hydrogens is 367 g/mol. The number of carbonyl (C=O) groups excluding carboxylic acids is 2. The van der Waals surface area contributed by atoms with Gasteiger partial charge in [0.2, 0.25) is 5.91 Å². The summed E-state index contributed by atoms with van der Waals surface area (Å²) in [6.45, 7) is 1.18. The molecule has 1 aromatic rings. The minimum absolute atomic E-state index is 0.00219. The van der Waals surface area contributed by atoms with Crippen LogP contribution in [0.25, 0.3) is 0 Å². The molecule has 0 radical (unpaired) electrons. The average Bonchev–Trinajstić information content (AvgIpc) is 2.62. The van der Waals surface area contributed by atoms with Gasteiger partial charge in [-0.2, -0.15) is 0 Å². The molecule has 6 nitrogen and oxygen atoms in total. The van der Waals surface area contributed by atoms with E-state index in [4.69, 9.17) is 32.7 Å². The SMILES string of the molecule is COc1ccc(CC(=O)N2CCC(NC(=O)C(Cl)Cl)CC2)cc1OC. The number of methoxy groups -OCH3 is 2. The first-order chi connectivity index (χ1) is 11.9. The summed E-state index contributed by atoms with van der Waals surface area (Å²) in [5.74, 6) is 0.890. The maximum Gasteiger partial charge on any atom is 0.253 e. The molecule has 1 aliphatic heterocycles. The summed E-state index contributed by atoms with van der Waals surface area (Å²) >= 11 is 11.1. The predicted octanol–water partition coefficient (Wildman–Crippen LogP) is 2.16. The standard InChI is InChI=1S/C17H22Cl2N2O4/c1-24-13-4-3-11(9-14(13)25-2)10-15(22)21-7-5-12(6-8-21)20-17(23)16(18)19/h3-4,9,12,16H,5-8,10H2,1-2H3,(H,20,23). The summed E-state index contributed by atoms with van der Waals surface area (Å²) in [6, 6.07) is 5.45. The van der Waals surface area contributed by atoms with E-state index in [0.717, 1.165) is 5.56 Å². The Hall–Kier alpha value is -1.66. The number of piperidine rings is 1. The Morgan fingerprint density at radius 2 is 1.84 bits per heavy atom. The molecular formula is C17H22Cl2N2O4. The van der Waals surface area contributed by atoms with Crippen molar-refractivity contribution in [2.24, 2.45) is 0 Å². The summed E-state index contributed by atoms with van der Waals surface area (Å²) in [5.41, 5.74) is 0.866. The number of nitrogens with zero attached hydrogens (tertiary/aromatic N) is 1. The Bertz CT molecular complexity index is 617. The van der Waals surface area contributed by atoms with Crippen molar-refractivity contribution in [3.05, 3.63) is 23.8 Å². The van der Waals surface area contributed by atoms with E-state index in [9.17, 15) is 9.59 Å². The number of carbonyl (C=O) groups is 2. The lowest BCUT2D eigenvalue weighted by Gasteiger charge is -2.32. The fraction of sp³-hybridized carbons (Fsp3) is 0.529. The first kappa shape index (κ1) is 19.7. The number of nitrogens with one attached hydrogen (secondary N) is 1. The van der Waals surface area contributed by atoms with E-state index < -0.39 is 10.7 Å². The minimum atomic E-state index is -1.07. The van der Waals surface area contributed by atoms with Crippen LogP contribution in [0.2, 0.25) is 0 Å². The van der Waals surface area contributed by atoms with Gasteiger partial charge in [-0.1, -0.05) is 29.3 Å². The van der Waals surface area contributed by atoms with Gasteiger partial charge in [0.15, 0.2) is 16.3 Å². The topological polar surface area (TPSA) is 67.9 Å². The molecule has 1 N–H and O–H groups in total. The van der Waals surface area contributed by atoms with Crippen LogP contribution in [0.5, 0.6) is 11.5 Å². The molecule has 1 saturated heterocycles. The van der Waals surface area contributed by atoms with E-state index in [-0.39, 0.29) is 11.9 Å². The van der Waals surface area contributed by atoms with Crippen molar-refractivity contribution in [2.45, 2.75) is 30.1 Å². The number of benzene rings is 1. The van der Waals surface area contributed by atoms with Crippen molar-refractivity contribution < 1.29 is 19.1 Å². The molecule has 0 spiro atoms. The van der Waals surface area contributed by atoms with Crippen LogP contribution in [-0.2, 0) is 16.0 Å². The van der Waals surface area contributed by atoms with E-state index in [1.165, 1.54) is 0 Å². The zero-order valence-electron chi connectivity index (χ0n) is 14.3. The van der Waals surface area contributed by atoms with Gasteiger partial charge in [0.05, 0.1) is 20.6 Å². The summed E-state index contributed by atoms with van der Waals surface area (Å²) in [4.78, 5) is 24.7. The van der Waals surface area contributed by atoms with Crippen LogP contribution in [0.1, 0.15) is 18.4 Å². The quantitative estimate of drug-likeness (QED) is 0.758. The van der Waals surface area contributed by atoms with Crippen molar-refractivity contribution in [3.8, 4) is 11.5 Å². The zero-order chi connectivity index (χ0) is 18.4. The van der Waals surface area contributed by atoms with Crippen LogP contribution >= 0.6 is 23.2 Å². The maximum absolute atomic E-state index is 12.5. The molecule has 0 unspecified atom stereocenters. The summed E-state index contributed by atoms with van der Waals surface area (Å²) in [6.07, 6.45) is 1.66. The molecule has 1 heterocycles. The third-order valence-corrected chi connectivity index (χ3v) is 4.59. The first-order valence-corrected chi connectivity index (χ1v) is 8.89. The molecule has 0 bridgehead atoms. The number of halogens is 2. The first-order valence-electron chi connectivity index (χ1n) is 8.01. The lowest BCUT2D eigenvalue weighted by molar-refractivity contribution is -0.131. The van der Waals surface area contributed by atoms with E-state index >= 15 is 0 Å². The van der Waals surface area contributed by atoms with Crippen molar-refractivity contribution in [3.63, 3.8) is 0 Å². The Labute approximate surface area is 157 Å². The van der Waals surface area contributed by atoms with Crippen LogP contribution in [-0.4, -0.2) is 54.9 Å². The highest BCUT2D eigenvalue weighted by Gasteiger charge is 2.25. The van der Waals surface area contributed by atoms with E-state index in [1.807, 2.05) is 12.1 Å². The molecule has 2 rings (SSSR count). The number of ether oxygens (including phenoxy) is 2. The lowest BCUT2D eigenvalue weighted by atomic mass is 10.0. The van der Waals surface area contributed by atoms with Crippen LogP contribution in [0.3, 0.4) is 0 Å². The van der Waals surface area contributed by atoms with Gasteiger partial charge in [0, 0.05) is 19.1 Å². The molecule has 1 aromatic carbocycles. The normalized spacial score (nSPS) is 15.2. The molecule has 1 aliphatic rings. The molecule has 1 fully saturated rings. The van der Waals surface area contributed by atoms with Gasteiger partial charge in [-0.3, -0.25) is 9.59 Å². The number of likely N-dealkylation sites (tertiary alicyclic amines) is 1. The molecule has 25 heavy (non-hydrogen) atoms. The van der Waals surface area contributed by atoms with E-state index in [1.54, 1.807) is 25.2 Å². The minimum Gasteiger partial charge on any atom is -0.493 e. The van der Waals surface area contributed by atoms with Crippen LogP contribution < -0.4 is 14.8 Å². The number of hydrogen-bond donors (Lipinski definition) is 1. The second-order valence-corrected chi connectivity index (χ2v) is 6.93. The van der Waals surface area contributed by atoms with Gasteiger partial charge >= 0.3 is 0 Å². The monoisotopic (exact) mass is 388 g/mol. The smallest absolute Gasteiger partial charge is 0.253 e. The lowest BCUT2D eigenvalue weighted by Crippen LogP contribution is -2.47. The molecule has 8 heteroatoms. The second-order valence-electron chi connectivity index (χ2n) is 5.83. The van der Waals surface area contributed by atoms with Crippen molar-refractivity contribution in [1.82, 2.24) is 10.2 Å². The third kappa shape index (κ3) is 5.41. The number of hydrogen-bond acceptors (Lipinski definition) is 4. The van der Waals surface area contributed by atoms with E-state index in [0.29, 0.717) is 43.9 Å². The highest BCUT2D eigenvalue weighted by molar-refractivity contribution is 6.53. The number of rotatable bonds is 6. The fourth-order valence-corrected chi connectivity index (χ4v) is 2.94. The molecule has 0 aromatic heterocycles. The number of amides is 2. The molecule has 2 amide bonds. The number of alkyl halides is 2. The van der Waals surface area contributed by atoms with Gasteiger partial charge in [0.25, 0.3) is 5.91 Å². The maximum atomic E-state index is 12.5. The summed E-state index contributed by atoms with van der Waals surface area (Å²) in [7, 11) is 3.14. The van der Waals surface area contributed by atoms with Crippen LogP contribution in [0.15, 0.2) is 18.2 Å². The Kier molecular flexibility index (Phi) is 7.20. The Balaban J connectivity index is 1.87. The largest absolute Gasteiger partial charge is 0.493 e. The molecule has 138 valence electrons. The average molecular weight is 389 g/mol. The fourth-order valence-electron chi connectivity index (χ4n) is 2.81. The molecule has 0 saturated carbocycles. The second kappa shape index (κ2) is 9.15. The molecule has 0 aliphatic carbocycles. The van der Waals surface area contributed by atoms with E-state index in [2.05, 4.69) is 5.32 Å². The summed E-state index contributed by atoms with van der Waals surface area (Å²) < 4.78 is 10.5. The summed E-state index contributed by atoms with van der Waals surface area (Å²) in [5, 5.41) is 2.78. The van der Waals surface area contributed by atoms with Gasteiger partial charge in [-0.25, -0.2) is 0 Å². The van der Waals surface area contributed by atoms with Crippen LogP contribution in [0, 0.1) is 0 Å². The predicted molar refractivity (Wildman–Crippen MR) is 96.5 cm³/mol. The van der Waals surface area contributed by atoms with Crippen molar-refractivity contribution >= 4 is 35.0 Å². The van der Waals surface area contributed by atoms with Gasteiger partial charge in [-0.05, 0) is 30.5 Å². The van der Waals surface area contributed by atoms with Gasteiger partial charge in [-0.15, -0.1) is 0 Å². The Morgan fingerprint density at radius 1 is 1.20 bits per heavy atom. The molecule has 0 atom stereocenters.